The fraction of sp³-hybridized carbons (Fsp3) is 0.312. The number of benzene rings is 1. The second-order valence-electron chi connectivity index (χ2n) is 5.21. The van der Waals surface area contributed by atoms with Crippen molar-refractivity contribution in [1.82, 2.24) is 4.72 Å². The maximum absolute atomic E-state index is 12.4. The molecule has 0 unspecified atom stereocenters. The summed E-state index contributed by atoms with van der Waals surface area (Å²) in [4.78, 5) is 11.0. The molecule has 1 aromatic heterocycles. The number of aromatic carboxylic acids is 1. The normalized spacial score (nSPS) is 11.6. The number of rotatable bonds is 7. The van der Waals surface area contributed by atoms with Gasteiger partial charge in [0.1, 0.15) is 22.0 Å². The number of carbonyl (C=O) groups is 1. The van der Waals surface area contributed by atoms with Gasteiger partial charge in [-0.2, -0.15) is 0 Å². The minimum absolute atomic E-state index is 0.0791. The maximum atomic E-state index is 12.4. The van der Waals surface area contributed by atoms with Gasteiger partial charge in [0.2, 0.25) is 10.0 Å². The van der Waals surface area contributed by atoms with E-state index in [0.29, 0.717) is 6.42 Å². The molecule has 1 heterocycles. The summed E-state index contributed by atoms with van der Waals surface area (Å²) in [5, 5.41) is 9.19. The predicted octanol–water partition coefficient (Wildman–Crippen LogP) is 2.51. The summed E-state index contributed by atoms with van der Waals surface area (Å²) in [5.74, 6) is -1.15. The first-order valence-electron chi connectivity index (χ1n) is 7.20. The lowest BCUT2D eigenvalue weighted by atomic mass is 10.1. The van der Waals surface area contributed by atoms with Gasteiger partial charge in [0.05, 0.1) is 0 Å². The molecule has 0 aliphatic carbocycles. The average Bonchev–Trinajstić information content (AvgIpc) is 2.80. The van der Waals surface area contributed by atoms with Gasteiger partial charge >= 0.3 is 5.97 Å². The highest BCUT2D eigenvalue weighted by molar-refractivity contribution is 7.89. The number of aryl methyl sites for hydroxylation is 3. The van der Waals surface area contributed by atoms with Crippen LogP contribution in [-0.2, 0) is 16.4 Å². The minimum Gasteiger partial charge on any atom is -0.478 e. The Morgan fingerprint density at radius 2 is 1.83 bits per heavy atom. The van der Waals surface area contributed by atoms with Crippen molar-refractivity contribution in [2.75, 3.05) is 6.54 Å². The number of carboxylic acids is 1. The van der Waals surface area contributed by atoms with Crippen LogP contribution >= 0.6 is 0 Å². The predicted molar refractivity (Wildman–Crippen MR) is 85.1 cm³/mol. The van der Waals surface area contributed by atoms with Gasteiger partial charge in [-0.05, 0) is 32.3 Å². The van der Waals surface area contributed by atoms with Gasteiger partial charge in [-0.15, -0.1) is 0 Å². The van der Waals surface area contributed by atoms with Crippen molar-refractivity contribution in [1.29, 1.82) is 0 Å². The van der Waals surface area contributed by atoms with Gasteiger partial charge in [-0.25, -0.2) is 17.9 Å². The van der Waals surface area contributed by atoms with E-state index in [9.17, 15) is 18.3 Å². The van der Waals surface area contributed by atoms with E-state index in [1.54, 1.807) is 0 Å². The third kappa shape index (κ3) is 4.00. The van der Waals surface area contributed by atoms with Gasteiger partial charge in [-0.3, -0.25) is 0 Å². The lowest BCUT2D eigenvalue weighted by Crippen LogP contribution is -2.27. The molecule has 23 heavy (non-hydrogen) atoms. The number of sulfonamides is 1. The molecule has 0 bridgehead atoms. The van der Waals surface area contributed by atoms with Crippen molar-refractivity contribution < 1.29 is 22.7 Å². The van der Waals surface area contributed by atoms with Crippen molar-refractivity contribution in [2.24, 2.45) is 0 Å². The average molecular weight is 337 g/mol. The summed E-state index contributed by atoms with van der Waals surface area (Å²) in [5.41, 5.74) is 0.811. The highest BCUT2D eigenvalue weighted by Crippen LogP contribution is 2.26. The van der Waals surface area contributed by atoms with Gasteiger partial charge in [0.25, 0.3) is 0 Å². The first kappa shape index (κ1) is 17.2. The van der Waals surface area contributed by atoms with Crippen molar-refractivity contribution in [3.63, 3.8) is 0 Å². The third-order valence-electron chi connectivity index (χ3n) is 3.46. The smallest absolute Gasteiger partial charge is 0.340 e. The highest BCUT2D eigenvalue weighted by Gasteiger charge is 2.30. The zero-order valence-electron chi connectivity index (χ0n) is 13.0. The quantitative estimate of drug-likeness (QED) is 0.757. The molecule has 0 spiro atoms. The van der Waals surface area contributed by atoms with Crippen molar-refractivity contribution in [3.8, 4) is 0 Å². The van der Waals surface area contributed by atoms with Crippen LogP contribution < -0.4 is 4.72 Å². The van der Waals surface area contributed by atoms with Gasteiger partial charge in [-0.1, -0.05) is 30.3 Å². The highest BCUT2D eigenvalue weighted by atomic mass is 32.2. The molecule has 2 N–H and O–H groups in total. The topological polar surface area (TPSA) is 96.6 Å². The molecule has 1 aromatic carbocycles. The molecule has 0 saturated heterocycles. The SMILES string of the molecule is Cc1oc(C)c(S(=O)(=O)NCCCc2ccccc2)c1C(=O)O. The van der Waals surface area contributed by atoms with E-state index in [2.05, 4.69) is 4.72 Å². The molecule has 0 fully saturated rings. The van der Waals surface area contributed by atoms with E-state index in [4.69, 9.17) is 4.42 Å². The lowest BCUT2D eigenvalue weighted by molar-refractivity contribution is 0.0691. The van der Waals surface area contributed by atoms with Crippen LogP contribution in [-0.4, -0.2) is 26.0 Å². The number of nitrogens with one attached hydrogen (secondary N) is 1. The Bertz CT molecular complexity index is 793. The Balaban J connectivity index is 2.07. The lowest BCUT2D eigenvalue weighted by Gasteiger charge is -2.07. The largest absolute Gasteiger partial charge is 0.478 e. The number of hydrogen-bond acceptors (Lipinski definition) is 4. The van der Waals surface area contributed by atoms with Crippen molar-refractivity contribution in [3.05, 3.63) is 53.0 Å². The van der Waals surface area contributed by atoms with Crippen LogP contribution in [0.25, 0.3) is 0 Å². The van der Waals surface area contributed by atoms with Gasteiger partial charge in [0, 0.05) is 6.54 Å². The minimum atomic E-state index is -3.92. The third-order valence-corrected chi connectivity index (χ3v) is 5.08. The first-order chi connectivity index (χ1) is 10.8. The zero-order chi connectivity index (χ0) is 17.0. The molecule has 0 radical (unpaired) electrons. The monoisotopic (exact) mass is 337 g/mol. The van der Waals surface area contributed by atoms with Crippen LogP contribution in [0, 0.1) is 13.8 Å². The maximum Gasteiger partial charge on any atom is 0.340 e. The second-order valence-corrected chi connectivity index (χ2v) is 6.91. The molecular weight excluding hydrogens is 318 g/mol. The molecule has 2 rings (SSSR count). The number of furan rings is 1. The molecule has 0 aliphatic heterocycles. The number of hydrogen-bond donors (Lipinski definition) is 2. The molecule has 6 nitrogen and oxygen atoms in total. The molecule has 0 aliphatic rings. The molecular formula is C16H19NO5S. The Kier molecular flexibility index (Phi) is 5.23. The molecule has 7 heteroatoms. The van der Waals surface area contributed by atoms with E-state index in [-0.39, 0.29) is 28.5 Å². The van der Waals surface area contributed by atoms with Gasteiger partial charge < -0.3 is 9.52 Å². The van der Waals surface area contributed by atoms with Crippen molar-refractivity contribution in [2.45, 2.75) is 31.6 Å². The standard InChI is InChI=1S/C16H19NO5S/c1-11-14(16(18)19)15(12(2)22-11)23(20,21)17-10-6-9-13-7-4-3-5-8-13/h3-5,7-8,17H,6,9-10H2,1-2H3,(H,18,19). The van der Waals surface area contributed by atoms with Crippen LogP contribution in [0.2, 0.25) is 0 Å². The van der Waals surface area contributed by atoms with E-state index < -0.39 is 16.0 Å². The zero-order valence-corrected chi connectivity index (χ0v) is 13.8. The summed E-state index contributed by atoms with van der Waals surface area (Å²) in [7, 11) is -3.92. The Labute approximate surface area is 135 Å². The molecule has 0 atom stereocenters. The summed E-state index contributed by atoms with van der Waals surface area (Å²) in [6, 6.07) is 9.72. The summed E-state index contributed by atoms with van der Waals surface area (Å²) < 4.78 is 32.3. The Morgan fingerprint density at radius 1 is 1.17 bits per heavy atom. The van der Waals surface area contributed by atoms with Crippen LogP contribution in [0.5, 0.6) is 0 Å². The molecule has 2 aromatic rings. The first-order valence-corrected chi connectivity index (χ1v) is 8.68. The van der Waals surface area contributed by atoms with Crippen molar-refractivity contribution >= 4 is 16.0 Å². The second kappa shape index (κ2) is 6.97. The Morgan fingerprint density at radius 3 is 2.43 bits per heavy atom. The number of carboxylic acid groups (broad SMARTS) is 1. The van der Waals surface area contributed by atoms with Crippen LogP contribution in [0.1, 0.15) is 33.9 Å². The van der Waals surface area contributed by atoms with E-state index >= 15 is 0 Å². The van der Waals surface area contributed by atoms with E-state index in [0.717, 1.165) is 12.0 Å². The summed E-state index contributed by atoms with van der Waals surface area (Å²) >= 11 is 0. The Hall–Kier alpha value is -2.12. The summed E-state index contributed by atoms with van der Waals surface area (Å²) in [6.07, 6.45) is 1.35. The summed E-state index contributed by atoms with van der Waals surface area (Å²) in [6.45, 7) is 3.10. The van der Waals surface area contributed by atoms with E-state index in [1.165, 1.54) is 13.8 Å². The van der Waals surface area contributed by atoms with Crippen LogP contribution in [0.15, 0.2) is 39.6 Å². The van der Waals surface area contributed by atoms with Gasteiger partial charge in [0.15, 0.2) is 0 Å². The van der Waals surface area contributed by atoms with Crippen LogP contribution in [0.4, 0.5) is 0 Å². The fourth-order valence-electron chi connectivity index (χ4n) is 2.45. The van der Waals surface area contributed by atoms with Crippen LogP contribution in [0.3, 0.4) is 0 Å². The molecule has 0 amide bonds. The fourth-order valence-corrected chi connectivity index (χ4v) is 3.93. The van der Waals surface area contributed by atoms with E-state index in [1.807, 2.05) is 30.3 Å². The molecule has 124 valence electrons. The molecule has 0 saturated carbocycles.